The second-order valence-corrected chi connectivity index (χ2v) is 18.0. The monoisotopic (exact) mass is 792 g/mol. The highest BCUT2D eigenvalue weighted by Crippen LogP contribution is 2.52. The lowest BCUT2D eigenvalue weighted by molar-refractivity contribution is -0.139. The molecular formula is C44H52N6O6S. The van der Waals surface area contributed by atoms with Crippen molar-refractivity contribution in [2.75, 3.05) is 41.4 Å². The Morgan fingerprint density at radius 1 is 0.842 bits per heavy atom. The van der Waals surface area contributed by atoms with Gasteiger partial charge in [-0.3, -0.25) is 14.3 Å². The third-order valence-corrected chi connectivity index (χ3v) is 13.8. The molecule has 5 aromatic rings. The number of benzene rings is 3. The molecule has 3 aromatic carbocycles. The Hall–Kier alpha value is -5.14. The van der Waals surface area contributed by atoms with Crippen LogP contribution in [0.15, 0.2) is 79.1 Å². The van der Waals surface area contributed by atoms with E-state index in [1.54, 1.807) is 20.3 Å². The van der Waals surface area contributed by atoms with Gasteiger partial charge in [0.05, 0.1) is 37.6 Å². The van der Waals surface area contributed by atoms with Gasteiger partial charge < -0.3 is 18.9 Å². The average Bonchev–Trinajstić information content (AvgIpc) is 3.73. The standard InChI is InChI=1S/C44H52N6O6S/c1-47(2)57(53,54)46-42(51)33-14-19-38-39(26-33)49(41(32-12-17-37(56-4)18-13-32)40(38)31-8-6-5-7-9-31)29-44(22-23-44)43(52)48-24-20-35(21-25-48)50-28-34(27-45-50)30-10-15-36(55-3)16-11-30/h10-19,26-28,31,35H,5-9,20-25,29H2,1-4H3,(H,46,51). The molecule has 1 N–H and O–H groups in total. The van der Waals surface area contributed by atoms with Crippen molar-refractivity contribution in [3.8, 4) is 33.9 Å². The molecule has 3 heterocycles. The summed E-state index contributed by atoms with van der Waals surface area (Å²) in [7, 11) is 2.08. The van der Waals surface area contributed by atoms with Gasteiger partial charge in [0.25, 0.3) is 5.91 Å². The van der Waals surface area contributed by atoms with Crippen molar-refractivity contribution in [1.29, 1.82) is 0 Å². The third-order valence-electron chi connectivity index (χ3n) is 12.4. The number of hydrogen-bond acceptors (Lipinski definition) is 7. The molecule has 1 aliphatic heterocycles. The van der Waals surface area contributed by atoms with Crippen LogP contribution in [0.5, 0.6) is 11.5 Å². The highest BCUT2D eigenvalue weighted by atomic mass is 32.2. The predicted octanol–water partition coefficient (Wildman–Crippen LogP) is 7.42. The first-order chi connectivity index (χ1) is 27.5. The zero-order valence-corrected chi connectivity index (χ0v) is 34.1. The smallest absolute Gasteiger partial charge is 0.303 e. The van der Waals surface area contributed by atoms with E-state index in [0.717, 1.165) is 100 Å². The number of carbonyl (C=O) groups is 2. The van der Waals surface area contributed by atoms with Crippen molar-refractivity contribution < 1.29 is 27.5 Å². The van der Waals surface area contributed by atoms with E-state index < -0.39 is 21.5 Å². The summed E-state index contributed by atoms with van der Waals surface area (Å²) in [4.78, 5) is 30.2. The molecule has 3 aliphatic rings. The Morgan fingerprint density at radius 3 is 2.07 bits per heavy atom. The van der Waals surface area contributed by atoms with E-state index in [9.17, 15) is 18.0 Å². The van der Waals surface area contributed by atoms with E-state index in [1.165, 1.54) is 26.1 Å². The second kappa shape index (κ2) is 15.7. The maximum absolute atomic E-state index is 14.7. The van der Waals surface area contributed by atoms with Crippen molar-refractivity contribution in [2.45, 2.75) is 76.3 Å². The molecule has 0 unspecified atom stereocenters. The van der Waals surface area contributed by atoms with Gasteiger partial charge in [-0.15, -0.1) is 0 Å². The number of nitrogens with zero attached hydrogens (tertiary/aromatic N) is 5. The van der Waals surface area contributed by atoms with Crippen LogP contribution in [0.4, 0.5) is 0 Å². The van der Waals surface area contributed by atoms with E-state index in [4.69, 9.17) is 14.6 Å². The quantitative estimate of drug-likeness (QED) is 0.139. The lowest BCUT2D eigenvalue weighted by Crippen LogP contribution is -2.44. The fourth-order valence-electron chi connectivity index (χ4n) is 8.85. The van der Waals surface area contributed by atoms with Gasteiger partial charge in [-0.05, 0) is 110 Å². The van der Waals surface area contributed by atoms with Gasteiger partial charge in [0.15, 0.2) is 0 Å². The molecule has 12 nitrogen and oxygen atoms in total. The van der Waals surface area contributed by atoms with Crippen LogP contribution in [0, 0.1) is 5.41 Å². The molecule has 1 saturated heterocycles. The summed E-state index contributed by atoms with van der Waals surface area (Å²) < 4.78 is 43.7. The highest BCUT2D eigenvalue weighted by molar-refractivity contribution is 7.87. The number of methoxy groups -OCH3 is 2. The minimum atomic E-state index is -4.00. The van der Waals surface area contributed by atoms with Crippen LogP contribution >= 0.6 is 0 Å². The predicted molar refractivity (Wildman–Crippen MR) is 221 cm³/mol. The van der Waals surface area contributed by atoms with E-state index >= 15 is 0 Å². The third kappa shape index (κ3) is 7.66. The summed E-state index contributed by atoms with van der Waals surface area (Å²) in [5.41, 5.74) is 5.94. The number of piperidine rings is 1. The molecule has 2 aromatic heterocycles. The maximum atomic E-state index is 14.7. The Kier molecular flexibility index (Phi) is 10.6. The molecule has 3 fully saturated rings. The number of nitrogens with one attached hydrogen (secondary N) is 1. The molecule has 0 radical (unpaired) electrons. The largest absolute Gasteiger partial charge is 0.497 e. The molecule has 0 atom stereocenters. The van der Waals surface area contributed by atoms with E-state index in [0.29, 0.717) is 25.6 Å². The van der Waals surface area contributed by atoms with Crippen molar-refractivity contribution in [3.63, 3.8) is 0 Å². The van der Waals surface area contributed by atoms with Crippen LogP contribution in [0.25, 0.3) is 33.3 Å². The zero-order chi connectivity index (χ0) is 39.9. The number of likely N-dealkylation sites (tertiary alicyclic amines) is 1. The number of fused-ring (bicyclic) bond motifs is 1. The van der Waals surface area contributed by atoms with Gasteiger partial charge in [-0.25, -0.2) is 4.72 Å². The van der Waals surface area contributed by atoms with Gasteiger partial charge in [-0.1, -0.05) is 37.5 Å². The van der Waals surface area contributed by atoms with Gasteiger partial charge >= 0.3 is 10.2 Å². The highest BCUT2D eigenvalue weighted by Gasteiger charge is 2.53. The van der Waals surface area contributed by atoms with E-state index in [1.807, 2.05) is 64.3 Å². The number of amides is 2. The SMILES string of the molecule is COc1ccc(-c2cnn(C3CCN(C(=O)C4(Cn5c(-c6ccc(OC)cc6)c(C6CCCCC6)c6ccc(C(=O)NS(=O)(=O)N(C)C)cc65)CC4)CC3)c2)cc1. The summed E-state index contributed by atoms with van der Waals surface area (Å²) >= 11 is 0. The molecule has 8 rings (SSSR count). The molecule has 300 valence electrons. The van der Waals surface area contributed by atoms with Crippen LogP contribution in [-0.4, -0.2) is 85.2 Å². The number of hydrogen-bond donors (Lipinski definition) is 1. The van der Waals surface area contributed by atoms with Crippen LogP contribution in [0.1, 0.15) is 85.7 Å². The summed E-state index contributed by atoms with van der Waals surface area (Å²) in [6, 6.07) is 21.8. The molecular weight excluding hydrogens is 741 g/mol. The average molecular weight is 793 g/mol. The summed E-state index contributed by atoms with van der Waals surface area (Å²) in [6.07, 6.45) is 12.8. The summed E-state index contributed by atoms with van der Waals surface area (Å²) in [5.74, 6) is 1.36. The Bertz CT molecular complexity index is 2370. The van der Waals surface area contributed by atoms with Crippen molar-refractivity contribution >= 4 is 32.9 Å². The van der Waals surface area contributed by atoms with Gasteiger partial charge in [0.2, 0.25) is 5.91 Å². The minimum Gasteiger partial charge on any atom is -0.497 e. The van der Waals surface area contributed by atoms with E-state index in [2.05, 4.69) is 27.6 Å². The van der Waals surface area contributed by atoms with Crippen molar-refractivity contribution in [3.05, 3.63) is 90.3 Å². The first-order valence-corrected chi connectivity index (χ1v) is 21.5. The van der Waals surface area contributed by atoms with Crippen molar-refractivity contribution in [1.82, 2.24) is 28.3 Å². The molecule has 2 amide bonds. The maximum Gasteiger partial charge on any atom is 0.303 e. The number of aromatic nitrogens is 3. The fraction of sp³-hybridized carbons (Fsp3) is 0.432. The fourth-order valence-corrected chi connectivity index (χ4v) is 9.38. The molecule has 0 bridgehead atoms. The second-order valence-electron chi connectivity index (χ2n) is 16.1. The zero-order valence-electron chi connectivity index (χ0n) is 33.2. The lowest BCUT2D eigenvalue weighted by atomic mass is 9.81. The number of rotatable bonds is 12. The molecule has 2 aliphatic carbocycles. The van der Waals surface area contributed by atoms with Crippen molar-refractivity contribution in [2.24, 2.45) is 5.41 Å². The van der Waals surface area contributed by atoms with Crippen LogP contribution in [-0.2, 0) is 21.5 Å². The normalized spacial score (nSPS) is 17.5. The minimum absolute atomic E-state index is 0.174. The summed E-state index contributed by atoms with van der Waals surface area (Å²) in [6.45, 7) is 1.76. The van der Waals surface area contributed by atoms with E-state index in [-0.39, 0.29) is 17.5 Å². The van der Waals surface area contributed by atoms with Gasteiger partial charge in [0.1, 0.15) is 11.5 Å². The topological polar surface area (TPSA) is 128 Å². The van der Waals surface area contributed by atoms with Gasteiger partial charge in [0, 0.05) is 62.0 Å². The summed E-state index contributed by atoms with van der Waals surface area (Å²) in [5, 5.41) is 5.76. The first kappa shape index (κ1) is 38.7. The van der Waals surface area contributed by atoms with Crippen LogP contribution in [0.2, 0.25) is 0 Å². The molecule has 0 spiro atoms. The first-order valence-electron chi connectivity index (χ1n) is 20.0. The Balaban J connectivity index is 1.11. The Labute approximate surface area is 334 Å². The molecule has 57 heavy (non-hydrogen) atoms. The van der Waals surface area contributed by atoms with Crippen LogP contribution in [0.3, 0.4) is 0 Å². The molecule has 2 saturated carbocycles. The number of carbonyl (C=O) groups excluding carboxylic acids is 2. The van der Waals surface area contributed by atoms with Crippen LogP contribution < -0.4 is 14.2 Å². The molecule has 13 heteroatoms. The van der Waals surface area contributed by atoms with Gasteiger partial charge in [-0.2, -0.15) is 17.8 Å². The number of ether oxygens (including phenoxy) is 2. The lowest BCUT2D eigenvalue weighted by Gasteiger charge is -2.35. The Morgan fingerprint density at radius 2 is 1.47 bits per heavy atom.